The summed E-state index contributed by atoms with van der Waals surface area (Å²) >= 11 is 3.47. The average Bonchev–Trinajstić information content (AvgIpc) is 3.13. The number of benzene rings is 1. The van der Waals surface area contributed by atoms with Crippen LogP contribution in [-0.2, 0) is 0 Å². The third-order valence-electron chi connectivity index (χ3n) is 3.51. The highest BCUT2D eigenvalue weighted by molar-refractivity contribution is 9.10. The highest BCUT2D eigenvalue weighted by Crippen LogP contribution is 2.46. The molecular weight excluding hydrogens is 269 g/mol. The molecule has 86 valence electrons. The number of halogens is 2. The van der Waals surface area contributed by atoms with Crippen LogP contribution in [0.2, 0.25) is 0 Å². The second-order valence-corrected chi connectivity index (χ2v) is 5.82. The summed E-state index contributed by atoms with van der Waals surface area (Å²) in [7, 11) is 0. The summed E-state index contributed by atoms with van der Waals surface area (Å²) in [5.41, 5.74) is 0.906. The van der Waals surface area contributed by atoms with Crippen molar-refractivity contribution in [2.24, 2.45) is 11.8 Å². The van der Waals surface area contributed by atoms with E-state index in [0.717, 1.165) is 22.0 Å². The average molecular weight is 284 g/mol. The molecule has 2 aliphatic rings. The van der Waals surface area contributed by atoms with Gasteiger partial charge in [0, 0.05) is 10.5 Å². The zero-order valence-electron chi connectivity index (χ0n) is 9.05. The fraction of sp³-hybridized carbons (Fsp3) is 0.538. The number of hydrogen-bond acceptors (Lipinski definition) is 1. The Balaban J connectivity index is 1.78. The van der Waals surface area contributed by atoms with Crippen molar-refractivity contribution in [3.63, 3.8) is 0 Å². The van der Waals surface area contributed by atoms with Crippen LogP contribution in [0.25, 0.3) is 0 Å². The Bertz CT molecular complexity index is 387. The molecule has 1 nitrogen and oxygen atoms in total. The second-order valence-electron chi connectivity index (χ2n) is 4.97. The molecule has 16 heavy (non-hydrogen) atoms. The fourth-order valence-corrected chi connectivity index (χ4v) is 2.68. The van der Waals surface area contributed by atoms with Crippen molar-refractivity contribution >= 4 is 21.6 Å². The summed E-state index contributed by atoms with van der Waals surface area (Å²) in [4.78, 5) is 0. The van der Waals surface area contributed by atoms with Gasteiger partial charge in [0.15, 0.2) is 0 Å². The van der Waals surface area contributed by atoms with Crippen molar-refractivity contribution in [1.29, 1.82) is 0 Å². The lowest BCUT2D eigenvalue weighted by Gasteiger charge is -2.20. The molecule has 0 radical (unpaired) electrons. The van der Waals surface area contributed by atoms with Crippen LogP contribution in [0.4, 0.5) is 10.1 Å². The first kappa shape index (κ1) is 10.6. The molecule has 0 heterocycles. The number of nitrogens with one attached hydrogen (secondary N) is 1. The van der Waals surface area contributed by atoms with Crippen molar-refractivity contribution in [3.8, 4) is 0 Å². The Morgan fingerprint density at radius 2 is 1.81 bits per heavy atom. The van der Waals surface area contributed by atoms with Gasteiger partial charge in [0.1, 0.15) is 5.82 Å². The van der Waals surface area contributed by atoms with Crippen LogP contribution < -0.4 is 5.32 Å². The van der Waals surface area contributed by atoms with Crippen molar-refractivity contribution < 1.29 is 4.39 Å². The monoisotopic (exact) mass is 283 g/mol. The Hall–Kier alpha value is -0.570. The summed E-state index contributed by atoms with van der Waals surface area (Å²) in [5.74, 6) is 1.47. The third kappa shape index (κ3) is 2.24. The molecule has 0 bridgehead atoms. The van der Waals surface area contributed by atoms with Gasteiger partial charge in [0.2, 0.25) is 0 Å². The first-order valence-electron chi connectivity index (χ1n) is 5.95. The van der Waals surface area contributed by atoms with Gasteiger partial charge in [-0.1, -0.05) is 0 Å². The molecule has 1 aromatic carbocycles. The third-order valence-corrected chi connectivity index (χ3v) is 4.20. The molecule has 0 spiro atoms. The van der Waals surface area contributed by atoms with E-state index in [4.69, 9.17) is 0 Å². The number of anilines is 1. The molecule has 0 unspecified atom stereocenters. The highest BCUT2D eigenvalue weighted by Gasteiger charge is 2.41. The van der Waals surface area contributed by atoms with Gasteiger partial charge in [-0.2, -0.15) is 0 Å². The maximum Gasteiger partial charge on any atom is 0.125 e. The Labute approximate surface area is 104 Å². The van der Waals surface area contributed by atoms with Crippen molar-refractivity contribution in [2.45, 2.75) is 31.7 Å². The molecule has 2 fully saturated rings. The van der Waals surface area contributed by atoms with E-state index in [9.17, 15) is 4.39 Å². The van der Waals surface area contributed by atoms with Gasteiger partial charge < -0.3 is 5.32 Å². The van der Waals surface area contributed by atoms with Crippen LogP contribution in [0, 0.1) is 17.7 Å². The summed E-state index contributed by atoms with van der Waals surface area (Å²) in [6.07, 6.45) is 5.34. The molecule has 2 saturated carbocycles. The first-order valence-corrected chi connectivity index (χ1v) is 6.75. The predicted octanol–water partition coefficient (Wildman–Crippen LogP) is 4.19. The lowest BCUT2D eigenvalue weighted by atomic mass is 10.1. The Morgan fingerprint density at radius 1 is 1.19 bits per heavy atom. The fourth-order valence-electron chi connectivity index (χ4n) is 2.32. The van der Waals surface area contributed by atoms with Crippen LogP contribution in [0.3, 0.4) is 0 Å². The van der Waals surface area contributed by atoms with Crippen molar-refractivity contribution in [2.75, 3.05) is 5.32 Å². The number of rotatable bonds is 4. The standard InChI is InChI=1S/C13H15BrFN/c14-11-6-5-10(15)7-12(11)16-13(8-1-2-8)9-3-4-9/h5-9,13,16H,1-4H2. The molecule has 3 rings (SSSR count). The van der Waals surface area contributed by atoms with Gasteiger partial charge >= 0.3 is 0 Å². The van der Waals surface area contributed by atoms with Gasteiger partial charge in [-0.15, -0.1) is 0 Å². The minimum atomic E-state index is -0.170. The maximum atomic E-state index is 13.2. The van der Waals surface area contributed by atoms with E-state index in [-0.39, 0.29) is 5.82 Å². The summed E-state index contributed by atoms with van der Waals surface area (Å²) in [6.45, 7) is 0. The first-order chi connectivity index (χ1) is 7.74. The SMILES string of the molecule is Fc1ccc(Br)c(NC(C2CC2)C2CC2)c1. The molecule has 0 amide bonds. The number of hydrogen-bond donors (Lipinski definition) is 1. The second kappa shape index (κ2) is 4.02. The quantitative estimate of drug-likeness (QED) is 0.874. The van der Waals surface area contributed by atoms with Gasteiger partial charge in [0.25, 0.3) is 0 Å². The molecule has 0 atom stereocenters. The van der Waals surface area contributed by atoms with E-state index < -0.39 is 0 Å². The van der Waals surface area contributed by atoms with Crippen LogP contribution in [-0.4, -0.2) is 6.04 Å². The van der Waals surface area contributed by atoms with E-state index in [0.29, 0.717) is 6.04 Å². The van der Waals surface area contributed by atoms with Gasteiger partial charge in [-0.3, -0.25) is 0 Å². The van der Waals surface area contributed by atoms with E-state index in [1.807, 2.05) is 0 Å². The van der Waals surface area contributed by atoms with Crippen LogP contribution >= 0.6 is 15.9 Å². The Kier molecular flexibility index (Phi) is 2.66. The van der Waals surface area contributed by atoms with Crippen molar-refractivity contribution in [3.05, 3.63) is 28.5 Å². The van der Waals surface area contributed by atoms with E-state index in [1.165, 1.54) is 31.7 Å². The minimum Gasteiger partial charge on any atom is -0.381 e. The summed E-state index contributed by atoms with van der Waals surface area (Å²) < 4.78 is 14.1. The predicted molar refractivity (Wildman–Crippen MR) is 67.0 cm³/mol. The van der Waals surface area contributed by atoms with E-state index in [2.05, 4.69) is 21.2 Å². The molecular formula is C13H15BrFN. The zero-order valence-corrected chi connectivity index (χ0v) is 10.6. The lowest BCUT2D eigenvalue weighted by Crippen LogP contribution is -2.24. The van der Waals surface area contributed by atoms with Gasteiger partial charge in [-0.05, 0) is 71.6 Å². The molecule has 1 N–H and O–H groups in total. The van der Waals surface area contributed by atoms with Gasteiger partial charge in [-0.25, -0.2) is 4.39 Å². The van der Waals surface area contributed by atoms with Crippen LogP contribution in [0.15, 0.2) is 22.7 Å². The van der Waals surface area contributed by atoms with Gasteiger partial charge in [0.05, 0.1) is 5.69 Å². The molecule has 3 heteroatoms. The largest absolute Gasteiger partial charge is 0.381 e. The van der Waals surface area contributed by atoms with Crippen molar-refractivity contribution in [1.82, 2.24) is 0 Å². The topological polar surface area (TPSA) is 12.0 Å². The molecule has 0 aromatic heterocycles. The van der Waals surface area contributed by atoms with Crippen LogP contribution in [0.5, 0.6) is 0 Å². The maximum absolute atomic E-state index is 13.2. The molecule has 0 saturated heterocycles. The van der Waals surface area contributed by atoms with E-state index in [1.54, 1.807) is 12.1 Å². The molecule has 0 aliphatic heterocycles. The van der Waals surface area contributed by atoms with Crippen LogP contribution in [0.1, 0.15) is 25.7 Å². The minimum absolute atomic E-state index is 0.170. The Morgan fingerprint density at radius 3 is 2.38 bits per heavy atom. The smallest absolute Gasteiger partial charge is 0.125 e. The normalized spacial score (nSPS) is 20.2. The highest BCUT2D eigenvalue weighted by atomic mass is 79.9. The summed E-state index contributed by atoms with van der Waals surface area (Å²) in [6, 6.07) is 5.41. The zero-order chi connectivity index (χ0) is 11.1. The van der Waals surface area contributed by atoms with E-state index >= 15 is 0 Å². The summed E-state index contributed by atoms with van der Waals surface area (Å²) in [5, 5.41) is 3.53. The molecule has 2 aliphatic carbocycles. The lowest BCUT2D eigenvalue weighted by molar-refractivity contribution is 0.566. The molecule has 1 aromatic rings.